The van der Waals surface area contributed by atoms with Gasteiger partial charge in [-0.1, -0.05) is 41.6 Å². The Labute approximate surface area is 207 Å². The van der Waals surface area contributed by atoms with Crippen molar-refractivity contribution in [3.63, 3.8) is 0 Å². The van der Waals surface area contributed by atoms with E-state index < -0.39 is 0 Å². The molecule has 2 heterocycles. The molecule has 0 spiro atoms. The smallest absolute Gasteiger partial charge is 0.196 e. The number of Topliss-reactive ketones (excluding diaryl/α,β-unsaturated/α-hetero) is 1. The summed E-state index contributed by atoms with van der Waals surface area (Å²) in [4.78, 5) is 15.3. The zero-order chi connectivity index (χ0) is 24.2. The highest BCUT2D eigenvalue weighted by Gasteiger charge is 2.22. The van der Waals surface area contributed by atoms with Crippen LogP contribution in [0, 0.1) is 11.3 Å². The molecule has 0 fully saturated rings. The first-order chi connectivity index (χ1) is 16.4. The molecule has 7 nitrogen and oxygen atoms in total. The Hall–Kier alpha value is -3.12. The number of ketones is 1. The molecule has 4 rings (SSSR count). The average molecular weight is 493 g/mol. The van der Waals surface area contributed by atoms with Crippen LogP contribution in [0.1, 0.15) is 35.6 Å². The van der Waals surface area contributed by atoms with Gasteiger partial charge in [0, 0.05) is 39.9 Å². The highest BCUT2D eigenvalue weighted by atomic mass is 35.5. The zero-order valence-electron chi connectivity index (χ0n) is 19.3. The first kappa shape index (κ1) is 24.0. The number of benzene rings is 2. The molecule has 0 radical (unpaired) electrons. The Morgan fingerprint density at radius 2 is 1.91 bits per heavy atom. The molecule has 1 unspecified atom stereocenters. The van der Waals surface area contributed by atoms with Crippen molar-refractivity contribution in [1.29, 1.82) is 5.26 Å². The summed E-state index contributed by atoms with van der Waals surface area (Å²) >= 11 is 7.46. The van der Waals surface area contributed by atoms with E-state index in [1.807, 2.05) is 78.0 Å². The lowest BCUT2D eigenvalue weighted by Gasteiger charge is -2.20. The normalized spacial score (nSPS) is 12.2. The van der Waals surface area contributed by atoms with Crippen LogP contribution in [0.4, 0.5) is 0 Å². The van der Waals surface area contributed by atoms with Crippen LogP contribution in [-0.4, -0.2) is 49.9 Å². The van der Waals surface area contributed by atoms with Crippen LogP contribution in [-0.2, 0) is 6.54 Å². The molecule has 0 amide bonds. The summed E-state index contributed by atoms with van der Waals surface area (Å²) in [6.45, 7) is 2.61. The molecule has 0 aliphatic heterocycles. The van der Waals surface area contributed by atoms with Crippen molar-refractivity contribution >= 4 is 40.0 Å². The van der Waals surface area contributed by atoms with E-state index in [1.54, 1.807) is 0 Å². The number of hydrogen-bond donors (Lipinski definition) is 0. The van der Waals surface area contributed by atoms with Gasteiger partial charge in [-0.25, -0.2) is 0 Å². The van der Waals surface area contributed by atoms with E-state index in [0.717, 1.165) is 22.4 Å². The van der Waals surface area contributed by atoms with E-state index in [2.05, 4.69) is 28.1 Å². The minimum Gasteiger partial charge on any atom is -0.346 e. The number of fused-ring (bicyclic) bond motifs is 1. The van der Waals surface area contributed by atoms with Crippen LogP contribution >= 0.6 is 23.4 Å². The molecule has 1 atom stereocenters. The lowest BCUT2D eigenvalue weighted by molar-refractivity contribution is 0.102. The summed E-state index contributed by atoms with van der Waals surface area (Å²) < 4.78 is 3.96. The Bertz CT molecular complexity index is 1350. The maximum absolute atomic E-state index is 13.3. The van der Waals surface area contributed by atoms with Crippen molar-refractivity contribution in [1.82, 2.24) is 24.2 Å². The molecule has 0 saturated carbocycles. The van der Waals surface area contributed by atoms with Crippen LogP contribution < -0.4 is 0 Å². The molecule has 4 aromatic rings. The molecule has 0 saturated heterocycles. The number of aromatic nitrogens is 4. The minimum absolute atomic E-state index is 0.00442. The van der Waals surface area contributed by atoms with Gasteiger partial charge in [-0.2, -0.15) is 5.26 Å². The number of nitriles is 1. The Balaban J connectivity index is 1.64. The monoisotopic (exact) mass is 492 g/mol. The molecule has 34 heavy (non-hydrogen) atoms. The fourth-order valence-electron chi connectivity index (χ4n) is 3.74. The number of thioether (sulfide) groups is 1. The van der Waals surface area contributed by atoms with E-state index in [0.29, 0.717) is 28.7 Å². The minimum atomic E-state index is 0.00442. The number of carbonyl (C=O) groups excluding carboxylic acids is 1. The third-order valence-corrected chi connectivity index (χ3v) is 6.96. The lowest BCUT2D eigenvalue weighted by atomic mass is 10.1. The summed E-state index contributed by atoms with van der Waals surface area (Å²) in [5.74, 6) is 1.01. The average Bonchev–Trinajstić information content (AvgIpc) is 3.43. The summed E-state index contributed by atoms with van der Waals surface area (Å²) in [5.41, 5.74) is 2.50. The number of rotatable bonds is 9. The van der Waals surface area contributed by atoms with Crippen LogP contribution in [0.25, 0.3) is 16.6 Å². The highest BCUT2D eigenvalue weighted by Crippen LogP contribution is 2.29. The van der Waals surface area contributed by atoms with Crippen LogP contribution in [0.5, 0.6) is 0 Å². The molecule has 0 bridgehead atoms. The topological polar surface area (TPSA) is 79.7 Å². The maximum atomic E-state index is 13.3. The zero-order valence-corrected chi connectivity index (χ0v) is 20.8. The predicted molar refractivity (Wildman–Crippen MR) is 136 cm³/mol. The Morgan fingerprint density at radius 3 is 2.62 bits per heavy atom. The van der Waals surface area contributed by atoms with E-state index in [-0.39, 0.29) is 17.6 Å². The van der Waals surface area contributed by atoms with E-state index in [4.69, 9.17) is 16.9 Å². The molecule has 174 valence electrons. The van der Waals surface area contributed by atoms with Gasteiger partial charge in [0.25, 0.3) is 0 Å². The molecule has 0 N–H and O–H groups in total. The van der Waals surface area contributed by atoms with Gasteiger partial charge in [-0.05, 0) is 51.4 Å². The van der Waals surface area contributed by atoms with Crippen molar-refractivity contribution in [2.75, 3.05) is 19.8 Å². The van der Waals surface area contributed by atoms with E-state index in [9.17, 15) is 4.79 Å². The quantitative estimate of drug-likeness (QED) is 0.230. The molecule has 0 aliphatic carbocycles. The molecular formula is C25H25ClN6OS. The van der Waals surface area contributed by atoms with Crippen molar-refractivity contribution in [2.24, 2.45) is 0 Å². The standard InChI is InChI=1S/C25H25ClN6OS/c1-17(30(2)3)24-28-29-25(32(24)19-11-9-18(26)10-12-19)34-16-23(33)21-15-31(14-6-13-27)22-8-5-4-7-20(21)22/h4-5,7-12,15,17H,6,14,16H2,1-3H3. The van der Waals surface area contributed by atoms with E-state index >= 15 is 0 Å². The number of para-hydroxylation sites is 1. The van der Waals surface area contributed by atoms with Gasteiger partial charge in [0.2, 0.25) is 0 Å². The second-order valence-corrected chi connectivity index (χ2v) is 9.54. The van der Waals surface area contributed by atoms with Crippen molar-refractivity contribution in [3.8, 4) is 11.8 Å². The number of nitrogens with zero attached hydrogens (tertiary/aromatic N) is 6. The molecule has 0 aliphatic rings. The summed E-state index contributed by atoms with van der Waals surface area (Å²) in [5, 5.41) is 20.0. The van der Waals surface area contributed by atoms with Crippen molar-refractivity contribution in [3.05, 3.63) is 71.1 Å². The second-order valence-electron chi connectivity index (χ2n) is 8.17. The number of carbonyl (C=O) groups is 1. The SMILES string of the molecule is CC(c1nnc(SCC(=O)c2cn(CCC#N)c3ccccc23)n1-c1ccc(Cl)cc1)N(C)C. The Kier molecular flexibility index (Phi) is 7.37. The summed E-state index contributed by atoms with van der Waals surface area (Å²) in [6, 6.07) is 17.5. The van der Waals surface area contributed by atoms with Gasteiger partial charge in [-0.3, -0.25) is 14.3 Å². The first-order valence-corrected chi connectivity index (χ1v) is 12.3. The van der Waals surface area contributed by atoms with Gasteiger partial charge in [0.15, 0.2) is 16.8 Å². The lowest BCUT2D eigenvalue weighted by Crippen LogP contribution is -2.20. The molecular weight excluding hydrogens is 468 g/mol. The maximum Gasteiger partial charge on any atom is 0.196 e. The number of halogens is 1. The first-order valence-electron chi connectivity index (χ1n) is 10.9. The Morgan fingerprint density at radius 1 is 1.18 bits per heavy atom. The fourth-order valence-corrected chi connectivity index (χ4v) is 4.71. The van der Waals surface area contributed by atoms with Crippen LogP contribution in [0.3, 0.4) is 0 Å². The third kappa shape index (κ3) is 4.87. The molecule has 2 aromatic carbocycles. The van der Waals surface area contributed by atoms with E-state index in [1.165, 1.54) is 11.8 Å². The summed E-state index contributed by atoms with van der Waals surface area (Å²) in [6.07, 6.45) is 2.24. The van der Waals surface area contributed by atoms with Gasteiger partial charge in [0.05, 0.1) is 24.3 Å². The predicted octanol–water partition coefficient (Wildman–Crippen LogP) is 5.39. The number of aryl methyl sites for hydroxylation is 1. The number of hydrogen-bond acceptors (Lipinski definition) is 6. The highest BCUT2D eigenvalue weighted by molar-refractivity contribution is 7.99. The molecule has 2 aromatic heterocycles. The van der Waals surface area contributed by atoms with Gasteiger partial charge in [-0.15, -0.1) is 10.2 Å². The summed E-state index contributed by atoms with van der Waals surface area (Å²) in [7, 11) is 3.98. The fraction of sp³-hybridized carbons (Fsp3) is 0.280. The van der Waals surface area contributed by atoms with Crippen LogP contribution in [0.15, 0.2) is 59.9 Å². The third-order valence-electron chi connectivity index (χ3n) is 5.78. The van der Waals surface area contributed by atoms with Gasteiger partial charge in [0.1, 0.15) is 0 Å². The van der Waals surface area contributed by atoms with Crippen molar-refractivity contribution < 1.29 is 4.79 Å². The largest absolute Gasteiger partial charge is 0.346 e. The van der Waals surface area contributed by atoms with Crippen LogP contribution in [0.2, 0.25) is 5.02 Å². The van der Waals surface area contributed by atoms with Gasteiger partial charge < -0.3 is 4.57 Å². The molecule has 9 heteroatoms. The van der Waals surface area contributed by atoms with Crippen molar-refractivity contribution in [2.45, 2.75) is 31.1 Å². The van der Waals surface area contributed by atoms with Gasteiger partial charge >= 0.3 is 0 Å². The second kappa shape index (κ2) is 10.4.